The molecule has 0 aliphatic rings. The molecular weight excluding hydrogens is 429 g/mol. The van der Waals surface area contributed by atoms with Crippen LogP contribution in [0.1, 0.15) is 23.6 Å². The van der Waals surface area contributed by atoms with Gasteiger partial charge in [0.15, 0.2) is 0 Å². The third kappa shape index (κ3) is 4.87. The van der Waals surface area contributed by atoms with Gasteiger partial charge in [0.05, 0.1) is 11.8 Å². The Morgan fingerprint density at radius 3 is 2.30 bits per heavy atom. The van der Waals surface area contributed by atoms with Crippen LogP contribution in [0, 0.1) is 29.6 Å². The fourth-order valence-electron chi connectivity index (χ4n) is 2.89. The molecule has 0 saturated heterocycles. The van der Waals surface area contributed by atoms with Gasteiger partial charge in [-0.3, -0.25) is 15.5 Å². The van der Waals surface area contributed by atoms with Gasteiger partial charge in [0.2, 0.25) is 5.71 Å². The Morgan fingerprint density at radius 2 is 1.80 bits per heavy atom. The molecule has 2 rings (SSSR count). The standard InChI is InChI=1S/C20H15Cl2N5O3/c1-11-7-14(26-27-16(9-23)18(28)25-19(29)30)8-15(22)17(11)20(2,10-24)12-3-5-13(21)6-4-12/h3-8,26H,1-2H3,(H,25,28)(H,29,30)/b27-16+. The minimum atomic E-state index is -1.61. The second-order valence-corrected chi connectivity index (χ2v) is 7.18. The van der Waals surface area contributed by atoms with Crippen LogP contribution in [-0.4, -0.2) is 22.8 Å². The highest BCUT2D eigenvalue weighted by Crippen LogP contribution is 2.39. The van der Waals surface area contributed by atoms with Gasteiger partial charge < -0.3 is 5.11 Å². The van der Waals surface area contributed by atoms with E-state index in [9.17, 15) is 14.9 Å². The molecule has 2 amide bonds. The smallest absolute Gasteiger partial charge is 0.411 e. The summed E-state index contributed by atoms with van der Waals surface area (Å²) >= 11 is 12.4. The Hall–Kier alpha value is -3.59. The van der Waals surface area contributed by atoms with Crippen LogP contribution in [0.15, 0.2) is 41.5 Å². The van der Waals surface area contributed by atoms with Gasteiger partial charge in [-0.05, 0) is 54.8 Å². The third-order valence-electron chi connectivity index (χ3n) is 4.27. The van der Waals surface area contributed by atoms with Crippen molar-refractivity contribution in [2.24, 2.45) is 5.10 Å². The normalized spacial score (nSPS) is 12.8. The first kappa shape index (κ1) is 22.7. The number of nitrogens with one attached hydrogen (secondary N) is 2. The average Bonchev–Trinajstić information content (AvgIpc) is 2.67. The van der Waals surface area contributed by atoms with Crippen molar-refractivity contribution < 1.29 is 14.7 Å². The van der Waals surface area contributed by atoms with Crippen molar-refractivity contribution in [3.63, 3.8) is 0 Å². The zero-order valence-electron chi connectivity index (χ0n) is 15.8. The van der Waals surface area contributed by atoms with E-state index in [2.05, 4.69) is 16.6 Å². The SMILES string of the molecule is Cc1cc(N/N=C(\C#N)C(=O)NC(=O)O)cc(Cl)c1C(C)(C#N)c1ccc(Cl)cc1. The Morgan fingerprint density at radius 1 is 1.17 bits per heavy atom. The first-order valence-corrected chi connectivity index (χ1v) is 9.14. The minimum Gasteiger partial charge on any atom is -0.465 e. The predicted molar refractivity (Wildman–Crippen MR) is 113 cm³/mol. The molecule has 0 saturated carbocycles. The van der Waals surface area contributed by atoms with Crippen LogP contribution in [0.5, 0.6) is 0 Å². The lowest BCUT2D eigenvalue weighted by Gasteiger charge is -2.26. The number of anilines is 1. The van der Waals surface area contributed by atoms with Gasteiger partial charge in [-0.25, -0.2) is 4.79 Å². The van der Waals surface area contributed by atoms with Gasteiger partial charge in [-0.2, -0.15) is 15.6 Å². The molecule has 30 heavy (non-hydrogen) atoms. The van der Waals surface area contributed by atoms with Crippen molar-refractivity contribution in [1.29, 1.82) is 10.5 Å². The highest BCUT2D eigenvalue weighted by atomic mass is 35.5. The largest absolute Gasteiger partial charge is 0.465 e. The maximum atomic E-state index is 11.6. The molecule has 1 atom stereocenters. The molecule has 2 aromatic carbocycles. The van der Waals surface area contributed by atoms with E-state index in [0.717, 1.165) is 0 Å². The van der Waals surface area contributed by atoms with E-state index in [1.807, 2.05) is 0 Å². The number of benzene rings is 2. The Labute approximate surface area is 182 Å². The number of imide groups is 1. The van der Waals surface area contributed by atoms with Crippen LogP contribution in [0.3, 0.4) is 0 Å². The number of hydrogen-bond acceptors (Lipinski definition) is 6. The molecule has 1 unspecified atom stereocenters. The van der Waals surface area contributed by atoms with Crippen LogP contribution < -0.4 is 10.7 Å². The average molecular weight is 444 g/mol. The van der Waals surface area contributed by atoms with Crippen LogP contribution in [0.25, 0.3) is 0 Å². The zero-order valence-corrected chi connectivity index (χ0v) is 17.3. The van der Waals surface area contributed by atoms with Crippen molar-refractivity contribution in [1.82, 2.24) is 5.32 Å². The van der Waals surface area contributed by atoms with E-state index in [1.165, 1.54) is 17.5 Å². The maximum absolute atomic E-state index is 11.6. The summed E-state index contributed by atoms with van der Waals surface area (Å²) in [5, 5.41) is 33.4. The molecule has 0 aliphatic heterocycles. The molecular formula is C20H15Cl2N5O3. The Bertz CT molecular complexity index is 1090. The molecule has 0 spiro atoms. The number of carbonyl (C=O) groups is 2. The predicted octanol–water partition coefficient (Wildman–Crippen LogP) is 4.22. The van der Waals surface area contributed by atoms with Gasteiger partial charge in [-0.15, -0.1) is 0 Å². The third-order valence-corrected chi connectivity index (χ3v) is 4.82. The van der Waals surface area contributed by atoms with Crippen molar-refractivity contribution in [3.05, 3.63) is 63.1 Å². The number of carbonyl (C=O) groups excluding carboxylic acids is 1. The first-order chi connectivity index (χ1) is 14.1. The maximum Gasteiger partial charge on any atom is 0.411 e. The second kappa shape index (κ2) is 9.27. The molecule has 3 N–H and O–H groups in total. The number of nitriles is 2. The monoisotopic (exact) mass is 443 g/mol. The van der Waals surface area contributed by atoms with Gasteiger partial charge in [0, 0.05) is 10.0 Å². The summed E-state index contributed by atoms with van der Waals surface area (Å²) in [4.78, 5) is 22.1. The Kier molecular flexibility index (Phi) is 7.01. The van der Waals surface area contributed by atoms with Gasteiger partial charge in [0.1, 0.15) is 11.5 Å². The van der Waals surface area contributed by atoms with Crippen molar-refractivity contribution >= 4 is 46.6 Å². The zero-order chi connectivity index (χ0) is 22.5. The summed E-state index contributed by atoms with van der Waals surface area (Å²) in [6, 6.07) is 13.8. The van der Waals surface area contributed by atoms with Crippen molar-refractivity contribution in [2.45, 2.75) is 19.3 Å². The van der Waals surface area contributed by atoms with Crippen LogP contribution in [-0.2, 0) is 10.2 Å². The number of carboxylic acid groups (broad SMARTS) is 1. The highest BCUT2D eigenvalue weighted by molar-refractivity contribution is 6.46. The van der Waals surface area contributed by atoms with E-state index in [4.69, 9.17) is 33.6 Å². The summed E-state index contributed by atoms with van der Waals surface area (Å²) in [7, 11) is 0. The van der Waals surface area contributed by atoms with Crippen LogP contribution >= 0.6 is 23.2 Å². The first-order valence-electron chi connectivity index (χ1n) is 8.38. The number of rotatable bonds is 5. The summed E-state index contributed by atoms with van der Waals surface area (Å²) in [5.41, 5.74) is 3.04. The molecule has 152 valence electrons. The Balaban J connectivity index is 2.42. The molecule has 10 heteroatoms. The molecule has 2 aromatic rings. The van der Waals surface area contributed by atoms with Gasteiger partial charge >= 0.3 is 6.09 Å². The van der Waals surface area contributed by atoms with Crippen molar-refractivity contribution in [2.75, 3.05) is 5.43 Å². The van der Waals surface area contributed by atoms with E-state index >= 15 is 0 Å². The molecule has 0 fully saturated rings. The van der Waals surface area contributed by atoms with Gasteiger partial charge in [0.25, 0.3) is 5.91 Å². The quantitative estimate of drug-likeness (QED) is 0.466. The number of hydrazone groups is 1. The molecule has 0 radical (unpaired) electrons. The number of amides is 2. The number of hydrogen-bond donors (Lipinski definition) is 3. The minimum absolute atomic E-state index is 0.264. The lowest BCUT2D eigenvalue weighted by atomic mass is 9.75. The van der Waals surface area contributed by atoms with E-state index in [0.29, 0.717) is 27.4 Å². The highest BCUT2D eigenvalue weighted by Gasteiger charge is 2.33. The molecule has 0 bridgehead atoms. The lowest BCUT2D eigenvalue weighted by Crippen LogP contribution is -2.34. The fraction of sp³-hybridized carbons (Fsp3) is 0.150. The number of aryl methyl sites for hydroxylation is 1. The summed E-state index contributed by atoms with van der Waals surface area (Å²) in [6.45, 7) is 3.49. The van der Waals surface area contributed by atoms with Crippen molar-refractivity contribution in [3.8, 4) is 12.1 Å². The summed E-state index contributed by atoms with van der Waals surface area (Å²) in [5.74, 6) is -1.17. The molecule has 0 heterocycles. The van der Waals surface area contributed by atoms with Gasteiger partial charge in [-0.1, -0.05) is 35.3 Å². The number of halogens is 2. The molecule has 8 nitrogen and oxygen atoms in total. The van der Waals surface area contributed by atoms with E-state index in [-0.39, 0.29) is 5.02 Å². The summed E-state index contributed by atoms with van der Waals surface area (Å²) < 4.78 is 0. The second-order valence-electron chi connectivity index (χ2n) is 6.34. The number of nitrogens with zero attached hydrogens (tertiary/aromatic N) is 3. The van der Waals surface area contributed by atoms with E-state index in [1.54, 1.807) is 44.2 Å². The van der Waals surface area contributed by atoms with Crippen LogP contribution in [0.4, 0.5) is 10.5 Å². The molecule has 0 aromatic heterocycles. The summed E-state index contributed by atoms with van der Waals surface area (Å²) in [6.07, 6.45) is -1.61. The van der Waals surface area contributed by atoms with E-state index < -0.39 is 23.1 Å². The molecule has 0 aliphatic carbocycles. The van der Waals surface area contributed by atoms with Crippen LogP contribution in [0.2, 0.25) is 10.0 Å². The fourth-order valence-corrected chi connectivity index (χ4v) is 3.47. The lowest BCUT2D eigenvalue weighted by molar-refractivity contribution is -0.114. The topological polar surface area (TPSA) is 138 Å².